The molecule has 1 aliphatic rings. The molecule has 1 aliphatic carbocycles. The van der Waals surface area contributed by atoms with Gasteiger partial charge in [-0.3, -0.25) is 4.79 Å². The number of halogens is 1. The van der Waals surface area contributed by atoms with Crippen LogP contribution in [0, 0.1) is 0 Å². The number of allylic oxidation sites excluding steroid dienone is 4. The van der Waals surface area contributed by atoms with Crippen LogP contribution in [0.15, 0.2) is 51.5 Å². The van der Waals surface area contributed by atoms with Crippen molar-refractivity contribution in [3.8, 4) is 0 Å². The van der Waals surface area contributed by atoms with Gasteiger partial charge in [0, 0.05) is 24.4 Å². The lowest BCUT2D eigenvalue weighted by molar-refractivity contribution is -0.111. The molecule has 0 unspecified atom stereocenters. The van der Waals surface area contributed by atoms with Gasteiger partial charge in [-0.15, -0.1) is 0 Å². The Kier molecular flexibility index (Phi) is 8.98. The van der Waals surface area contributed by atoms with Gasteiger partial charge < -0.3 is 4.90 Å². The Labute approximate surface area is 175 Å². The van der Waals surface area contributed by atoms with E-state index in [1.165, 1.54) is 44.2 Å². The Morgan fingerprint density at radius 1 is 0.929 bits per heavy atom. The van der Waals surface area contributed by atoms with E-state index in [0.29, 0.717) is 5.57 Å². The number of benzene rings is 1. The highest BCUT2D eigenvalue weighted by Gasteiger charge is 2.20. The number of nitrogens with zero attached hydrogens (tertiary/aromatic N) is 2. The Hall–Kier alpha value is -1.87. The van der Waals surface area contributed by atoms with E-state index >= 15 is 0 Å². The normalized spacial score (nSPS) is 16.0. The summed E-state index contributed by atoms with van der Waals surface area (Å²) in [4.78, 5) is 19.2. The zero-order chi connectivity index (χ0) is 20.5. The number of carbonyl (C=O) groups excluding carboxylic acids is 1. The maximum atomic E-state index is 12.0. The standard InChI is InChI=1S/C24H33ClN2O/c1-5-7-9-15-27(16-10-8-6-2)21-13-11-20(12-14-21)26-22-17-18(3)24(28)23(25)19(22)4/h11-14,17H,5-10,15-16H2,1-4H3/b26-22+. The molecular weight excluding hydrogens is 368 g/mol. The Morgan fingerprint density at radius 3 is 2.04 bits per heavy atom. The van der Waals surface area contributed by atoms with Gasteiger partial charge in [0.2, 0.25) is 0 Å². The predicted octanol–water partition coefficient (Wildman–Crippen LogP) is 6.99. The van der Waals surface area contributed by atoms with E-state index in [9.17, 15) is 4.79 Å². The molecule has 1 aromatic rings. The van der Waals surface area contributed by atoms with Crippen molar-refractivity contribution in [2.45, 2.75) is 66.2 Å². The molecule has 2 rings (SSSR count). The fourth-order valence-electron chi connectivity index (χ4n) is 3.30. The smallest absolute Gasteiger partial charge is 0.200 e. The van der Waals surface area contributed by atoms with Crippen molar-refractivity contribution < 1.29 is 4.79 Å². The Balaban J connectivity index is 2.16. The third kappa shape index (κ3) is 6.07. The molecule has 3 nitrogen and oxygen atoms in total. The largest absolute Gasteiger partial charge is 0.372 e. The van der Waals surface area contributed by atoms with Crippen LogP contribution in [0.3, 0.4) is 0 Å². The topological polar surface area (TPSA) is 32.7 Å². The molecule has 0 radical (unpaired) electrons. The summed E-state index contributed by atoms with van der Waals surface area (Å²) >= 11 is 6.16. The molecule has 1 aromatic carbocycles. The molecule has 4 heteroatoms. The molecule has 0 heterocycles. The first-order chi connectivity index (χ1) is 13.5. The maximum Gasteiger partial charge on any atom is 0.200 e. The quantitative estimate of drug-likeness (QED) is 0.313. The van der Waals surface area contributed by atoms with Gasteiger partial charge in [0.25, 0.3) is 0 Å². The number of rotatable bonds is 10. The molecule has 0 spiro atoms. The number of anilines is 1. The molecule has 0 saturated heterocycles. The molecule has 28 heavy (non-hydrogen) atoms. The van der Waals surface area contributed by atoms with Crippen molar-refractivity contribution in [1.82, 2.24) is 0 Å². The molecule has 0 aliphatic heterocycles. The fraction of sp³-hybridized carbons (Fsp3) is 0.500. The summed E-state index contributed by atoms with van der Waals surface area (Å²) < 4.78 is 0. The van der Waals surface area contributed by atoms with Crippen molar-refractivity contribution in [3.05, 3.63) is 46.5 Å². The zero-order valence-electron chi connectivity index (χ0n) is 17.7. The third-order valence-electron chi connectivity index (χ3n) is 5.15. The van der Waals surface area contributed by atoms with E-state index in [1.54, 1.807) is 6.92 Å². The Bertz CT molecular complexity index is 749. The third-order valence-corrected chi connectivity index (χ3v) is 5.61. The summed E-state index contributed by atoms with van der Waals surface area (Å²) in [5.41, 5.74) is 4.26. The summed E-state index contributed by atoms with van der Waals surface area (Å²) in [5, 5.41) is 0.272. The lowest BCUT2D eigenvalue weighted by Gasteiger charge is -2.25. The molecule has 0 bridgehead atoms. The second-order valence-electron chi connectivity index (χ2n) is 7.51. The minimum absolute atomic E-state index is 0.108. The van der Waals surface area contributed by atoms with Gasteiger partial charge in [-0.1, -0.05) is 51.1 Å². The first-order valence-corrected chi connectivity index (χ1v) is 10.9. The number of ketones is 1. The van der Waals surface area contributed by atoms with E-state index < -0.39 is 0 Å². The second kappa shape index (κ2) is 11.2. The molecule has 0 fully saturated rings. The highest BCUT2D eigenvalue weighted by atomic mass is 35.5. The number of Topliss-reactive ketones (excluding diaryl/α,β-unsaturated/α-hetero) is 1. The van der Waals surface area contributed by atoms with E-state index in [2.05, 4.69) is 43.0 Å². The average Bonchev–Trinajstić information content (AvgIpc) is 2.70. The summed E-state index contributed by atoms with van der Waals surface area (Å²) in [6.07, 6.45) is 9.30. The molecule has 0 atom stereocenters. The molecule has 0 saturated carbocycles. The lowest BCUT2D eigenvalue weighted by Crippen LogP contribution is -2.25. The molecule has 0 aromatic heterocycles. The number of hydrogen-bond acceptors (Lipinski definition) is 3. The first kappa shape index (κ1) is 22.4. The number of carbonyl (C=O) groups is 1. The van der Waals surface area contributed by atoms with Crippen LogP contribution >= 0.6 is 11.6 Å². The van der Waals surface area contributed by atoms with Crippen LogP contribution in [0.4, 0.5) is 11.4 Å². The van der Waals surface area contributed by atoms with Crippen LogP contribution in [0.5, 0.6) is 0 Å². The Morgan fingerprint density at radius 2 is 1.50 bits per heavy atom. The van der Waals surface area contributed by atoms with Crippen LogP contribution in [-0.2, 0) is 4.79 Å². The molecule has 0 amide bonds. The summed E-state index contributed by atoms with van der Waals surface area (Å²) in [6.45, 7) is 10.3. The lowest BCUT2D eigenvalue weighted by atomic mass is 9.98. The minimum atomic E-state index is -0.108. The molecular formula is C24H33ClN2O. The van der Waals surface area contributed by atoms with E-state index in [-0.39, 0.29) is 10.8 Å². The summed E-state index contributed by atoms with van der Waals surface area (Å²) in [5.74, 6) is -0.108. The van der Waals surface area contributed by atoms with Gasteiger partial charge in [0.1, 0.15) is 0 Å². The van der Waals surface area contributed by atoms with E-state index in [1.807, 2.05) is 13.0 Å². The van der Waals surface area contributed by atoms with Crippen molar-refractivity contribution in [1.29, 1.82) is 0 Å². The minimum Gasteiger partial charge on any atom is -0.372 e. The van der Waals surface area contributed by atoms with Crippen molar-refractivity contribution in [2.75, 3.05) is 18.0 Å². The van der Waals surface area contributed by atoms with Gasteiger partial charge >= 0.3 is 0 Å². The SMILES string of the molecule is CCCCCN(CCCCC)c1ccc(/N=C2\C=C(C)C(=O)C(Cl)=C2C)cc1. The number of hydrogen-bond donors (Lipinski definition) is 0. The van der Waals surface area contributed by atoms with Crippen LogP contribution < -0.4 is 4.90 Å². The highest BCUT2D eigenvalue weighted by Crippen LogP contribution is 2.26. The van der Waals surface area contributed by atoms with Gasteiger partial charge in [0.05, 0.1) is 16.4 Å². The van der Waals surface area contributed by atoms with Crippen LogP contribution in [-0.4, -0.2) is 24.6 Å². The number of aliphatic imine (C=N–C) groups is 1. The predicted molar refractivity (Wildman–Crippen MR) is 122 cm³/mol. The van der Waals surface area contributed by atoms with Crippen LogP contribution in [0.25, 0.3) is 0 Å². The second-order valence-corrected chi connectivity index (χ2v) is 7.89. The van der Waals surface area contributed by atoms with Gasteiger partial charge in [-0.25, -0.2) is 4.99 Å². The summed E-state index contributed by atoms with van der Waals surface area (Å²) in [7, 11) is 0. The molecule has 0 N–H and O–H groups in total. The molecule has 152 valence electrons. The van der Waals surface area contributed by atoms with E-state index in [4.69, 9.17) is 16.6 Å². The first-order valence-electron chi connectivity index (χ1n) is 10.5. The average molecular weight is 401 g/mol. The fourth-order valence-corrected chi connectivity index (χ4v) is 3.55. The highest BCUT2D eigenvalue weighted by molar-refractivity contribution is 6.49. The van der Waals surface area contributed by atoms with Crippen molar-refractivity contribution in [3.63, 3.8) is 0 Å². The van der Waals surface area contributed by atoms with Gasteiger partial charge in [-0.2, -0.15) is 0 Å². The van der Waals surface area contributed by atoms with Crippen molar-refractivity contribution >= 4 is 34.5 Å². The number of unbranched alkanes of at least 4 members (excludes halogenated alkanes) is 4. The van der Waals surface area contributed by atoms with Crippen LogP contribution in [0.1, 0.15) is 66.2 Å². The van der Waals surface area contributed by atoms with Crippen molar-refractivity contribution in [2.24, 2.45) is 4.99 Å². The zero-order valence-corrected chi connectivity index (χ0v) is 18.5. The maximum absolute atomic E-state index is 12.0. The monoisotopic (exact) mass is 400 g/mol. The van der Waals surface area contributed by atoms with E-state index in [0.717, 1.165) is 30.1 Å². The van der Waals surface area contributed by atoms with Crippen LogP contribution in [0.2, 0.25) is 0 Å². The van der Waals surface area contributed by atoms with Gasteiger partial charge in [0.15, 0.2) is 5.78 Å². The summed E-state index contributed by atoms with van der Waals surface area (Å²) in [6, 6.07) is 8.41. The van der Waals surface area contributed by atoms with Gasteiger partial charge in [-0.05, 0) is 62.6 Å².